The maximum Gasteiger partial charge on any atom is 0.338 e. The molecule has 0 radical (unpaired) electrons. The van der Waals surface area contributed by atoms with Gasteiger partial charge in [-0.15, -0.1) is 0 Å². The summed E-state index contributed by atoms with van der Waals surface area (Å²) in [6.45, 7) is 3.92. The number of carbonyl (C=O) groups excluding carboxylic acids is 1. The molecule has 1 heterocycles. The molecule has 0 saturated heterocycles. The molecule has 0 bridgehead atoms. The molecule has 0 fully saturated rings. The second kappa shape index (κ2) is 8.11. The maximum atomic E-state index is 11.7. The van der Waals surface area contributed by atoms with Crippen molar-refractivity contribution in [3.05, 3.63) is 71.9 Å². The average Bonchev–Trinajstić information content (AvgIpc) is 2.63. The Morgan fingerprint density at radius 2 is 1.62 bits per heavy atom. The van der Waals surface area contributed by atoms with Gasteiger partial charge in [0.05, 0.1) is 12.2 Å². The van der Waals surface area contributed by atoms with E-state index in [2.05, 4.69) is 9.97 Å². The Balaban J connectivity index is 1.74. The van der Waals surface area contributed by atoms with Gasteiger partial charge in [-0.3, -0.25) is 0 Å². The lowest BCUT2D eigenvalue weighted by Crippen LogP contribution is -2.04. The summed E-state index contributed by atoms with van der Waals surface area (Å²) in [5.74, 6) is 1.20. The Morgan fingerprint density at radius 1 is 0.923 bits per heavy atom. The smallest absolute Gasteiger partial charge is 0.338 e. The highest BCUT2D eigenvalue weighted by Gasteiger charge is 2.09. The van der Waals surface area contributed by atoms with Crippen LogP contribution < -0.4 is 9.47 Å². The summed E-state index contributed by atoms with van der Waals surface area (Å²) in [7, 11) is 0. The molecule has 3 rings (SSSR count). The minimum atomic E-state index is -0.371. The van der Waals surface area contributed by atoms with E-state index in [9.17, 15) is 4.79 Å². The van der Waals surface area contributed by atoms with Gasteiger partial charge in [-0.25, -0.2) is 4.79 Å². The normalized spacial score (nSPS) is 10.2. The summed E-state index contributed by atoms with van der Waals surface area (Å²) in [6, 6.07) is 17.8. The highest BCUT2D eigenvalue weighted by molar-refractivity contribution is 5.89. The van der Waals surface area contributed by atoms with Crippen LogP contribution in [-0.2, 0) is 4.74 Å². The third kappa shape index (κ3) is 4.57. The summed E-state index contributed by atoms with van der Waals surface area (Å²) < 4.78 is 16.4. The molecule has 0 amide bonds. The van der Waals surface area contributed by atoms with E-state index in [1.165, 1.54) is 0 Å². The first-order chi connectivity index (χ1) is 12.6. The minimum absolute atomic E-state index is 0.166. The van der Waals surface area contributed by atoms with Gasteiger partial charge in [0, 0.05) is 11.8 Å². The van der Waals surface area contributed by atoms with E-state index >= 15 is 0 Å². The van der Waals surface area contributed by atoms with Crippen LogP contribution in [0.3, 0.4) is 0 Å². The SMILES string of the molecule is CCOC(=O)c1ccc(Oc2nc(C)cc(Oc3ccccc3)n2)cc1. The van der Waals surface area contributed by atoms with Gasteiger partial charge in [0.15, 0.2) is 0 Å². The predicted molar refractivity (Wildman–Crippen MR) is 95.8 cm³/mol. The van der Waals surface area contributed by atoms with E-state index in [1.54, 1.807) is 37.3 Å². The van der Waals surface area contributed by atoms with Crippen molar-refractivity contribution in [1.29, 1.82) is 0 Å². The summed E-state index contributed by atoms with van der Waals surface area (Å²) in [5, 5.41) is 0. The molecule has 6 heteroatoms. The van der Waals surface area contributed by atoms with Crippen LogP contribution in [0.4, 0.5) is 0 Å². The van der Waals surface area contributed by atoms with Crippen molar-refractivity contribution in [2.75, 3.05) is 6.61 Å². The number of nitrogens with zero attached hydrogens (tertiary/aromatic N) is 2. The van der Waals surface area contributed by atoms with Gasteiger partial charge in [0.1, 0.15) is 11.5 Å². The molecule has 0 atom stereocenters. The third-order valence-electron chi connectivity index (χ3n) is 3.35. The van der Waals surface area contributed by atoms with Crippen molar-refractivity contribution in [1.82, 2.24) is 9.97 Å². The quantitative estimate of drug-likeness (QED) is 0.608. The van der Waals surface area contributed by atoms with Gasteiger partial charge in [-0.2, -0.15) is 9.97 Å². The molecule has 0 unspecified atom stereocenters. The second-order valence-corrected chi connectivity index (χ2v) is 5.39. The molecule has 2 aromatic carbocycles. The number of hydrogen-bond donors (Lipinski definition) is 0. The topological polar surface area (TPSA) is 70.5 Å². The third-order valence-corrected chi connectivity index (χ3v) is 3.35. The zero-order valence-electron chi connectivity index (χ0n) is 14.5. The number of carbonyl (C=O) groups is 1. The van der Waals surface area contributed by atoms with Crippen LogP contribution in [0.15, 0.2) is 60.7 Å². The molecule has 0 aliphatic carbocycles. The van der Waals surface area contributed by atoms with Crippen LogP contribution in [0.5, 0.6) is 23.4 Å². The monoisotopic (exact) mass is 350 g/mol. The lowest BCUT2D eigenvalue weighted by atomic mass is 10.2. The molecule has 6 nitrogen and oxygen atoms in total. The molecule has 132 valence electrons. The molecule has 0 saturated carbocycles. The molecule has 26 heavy (non-hydrogen) atoms. The van der Waals surface area contributed by atoms with Gasteiger partial charge in [0.2, 0.25) is 5.88 Å². The lowest BCUT2D eigenvalue weighted by Gasteiger charge is -2.09. The van der Waals surface area contributed by atoms with E-state index in [4.69, 9.17) is 14.2 Å². The van der Waals surface area contributed by atoms with Gasteiger partial charge >= 0.3 is 12.0 Å². The van der Waals surface area contributed by atoms with Crippen molar-refractivity contribution >= 4 is 5.97 Å². The van der Waals surface area contributed by atoms with Gasteiger partial charge in [-0.05, 0) is 50.2 Å². The molecule has 0 spiro atoms. The van der Waals surface area contributed by atoms with Crippen LogP contribution in [-0.4, -0.2) is 22.5 Å². The Labute approximate surface area is 151 Å². The number of aryl methyl sites for hydroxylation is 1. The molecular weight excluding hydrogens is 332 g/mol. The van der Waals surface area contributed by atoms with Crippen LogP contribution >= 0.6 is 0 Å². The molecular formula is C20H18N2O4. The summed E-state index contributed by atoms with van der Waals surface area (Å²) in [6.07, 6.45) is 0. The fourth-order valence-corrected chi connectivity index (χ4v) is 2.20. The van der Waals surface area contributed by atoms with Crippen LogP contribution in [0.25, 0.3) is 0 Å². The van der Waals surface area contributed by atoms with Crippen molar-refractivity contribution in [2.45, 2.75) is 13.8 Å². The van der Waals surface area contributed by atoms with Crippen LogP contribution in [0, 0.1) is 6.92 Å². The van der Waals surface area contributed by atoms with E-state index in [-0.39, 0.29) is 12.0 Å². The molecule has 3 aromatic rings. The predicted octanol–water partition coefficient (Wildman–Crippen LogP) is 4.55. The van der Waals surface area contributed by atoms with E-state index < -0.39 is 0 Å². The summed E-state index contributed by atoms with van der Waals surface area (Å²) in [4.78, 5) is 20.2. The summed E-state index contributed by atoms with van der Waals surface area (Å²) >= 11 is 0. The number of rotatable bonds is 6. The van der Waals surface area contributed by atoms with Crippen molar-refractivity contribution in [3.8, 4) is 23.4 Å². The van der Waals surface area contributed by atoms with Crippen LogP contribution in [0.2, 0.25) is 0 Å². The van der Waals surface area contributed by atoms with Gasteiger partial charge in [0.25, 0.3) is 0 Å². The van der Waals surface area contributed by atoms with Gasteiger partial charge < -0.3 is 14.2 Å². The number of esters is 1. The first-order valence-corrected chi connectivity index (χ1v) is 8.17. The Kier molecular flexibility index (Phi) is 5.43. The molecule has 0 N–H and O–H groups in total. The number of ether oxygens (including phenoxy) is 3. The molecule has 0 aliphatic rings. The number of para-hydroxylation sites is 1. The first kappa shape index (κ1) is 17.4. The molecule has 0 aliphatic heterocycles. The molecule has 1 aromatic heterocycles. The first-order valence-electron chi connectivity index (χ1n) is 8.17. The highest BCUT2D eigenvalue weighted by Crippen LogP contribution is 2.24. The zero-order chi connectivity index (χ0) is 18.4. The highest BCUT2D eigenvalue weighted by atomic mass is 16.5. The minimum Gasteiger partial charge on any atom is -0.462 e. The largest absolute Gasteiger partial charge is 0.462 e. The fraction of sp³-hybridized carbons (Fsp3) is 0.150. The van der Waals surface area contributed by atoms with Crippen LogP contribution in [0.1, 0.15) is 23.0 Å². The number of hydrogen-bond acceptors (Lipinski definition) is 6. The maximum absolute atomic E-state index is 11.7. The number of aromatic nitrogens is 2. The van der Waals surface area contributed by atoms with E-state index in [1.807, 2.05) is 37.3 Å². The Hall–Kier alpha value is -3.41. The average molecular weight is 350 g/mol. The van der Waals surface area contributed by atoms with Crippen molar-refractivity contribution in [3.63, 3.8) is 0 Å². The zero-order valence-corrected chi connectivity index (χ0v) is 14.5. The van der Waals surface area contributed by atoms with Crippen molar-refractivity contribution < 1.29 is 19.0 Å². The Morgan fingerprint density at radius 3 is 2.31 bits per heavy atom. The Bertz CT molecular complexity index is 880. The summed E-state index contributed by atoms with van der Waals surface area (Å²) in [5.41, 5.74) is 1.17. The van der Waals surface area contributed by atoms with Crippen molar-refractivity contribution in [2.24, 2.45) is 0 Å². The second-order valence-electron chi connectivity index (χ2n) is 5.39. The van der Waals surface area contributed by atoms with E-state index in [0.717, 1.165) is 0 Å². The number of benzene rings is 2. The standard InChI is InChI=1S/C20H18N2O4/c1-3-24-19(23)15-9-11-17(12-10-15)26-20-21-14(2)13-18(22-20)25-16-7-5-4-6-8-16/h4-13H,3H2,1-2H3. The van der Waals surface area contributed by atoms with E-state index in [0.29, 0.717) is 35.2 Å². The lowest BCUT2D eigenvalue weighted by molar-refractivity contribution is 0.0526. The van der Waals surface area contributed by atoms with Gasteiger partial charge in [-0.1, -0.05) is 18.2 Å². The fourth-order valence-electron chi connectivity index (χ4n) is 2.20.